The van der Waals surface area contributed by atoms with Gasteiger partial charge in [-0.25, -0.2) is 0 Å². The number of hydrogen-bond donors (Lipinski definition) is 3. The topological polar surface area (TPSA) is 118 Å². The van der Waals surface area contributed by atoms with Gasteiger partial charge in [0.1, 0.15) is 5.75 Å². The van der Waals surface area contributed by atoms with E-state index < -0.39 is 4.92 Å². The summed E-state index contributed by atoms with van der Waals surface area (Å²) in [5.74, 6) is -0.696. The molecule has 7 heteroatoms. The lowest BCUT2D eigenvalue weighted by Gasteiger charge is -2.07. The Balaban J connectivity index is 2.06. The van der Waals surface area contributed by atoms with Crippen molar-refractivity contribution in [2.24, 2.45) is 0 Å². The number of non-ortho nitro benzene ring substituents is 1. The number of hydrogen-bond acceptors (Lipinski definition) is 5. The molecule has 0 bridgehead atoms. The van der Waals surface area contributed by atoms with E-state index in [9.17, 15) is 20.0 Å². The van der Waals surface area contributed by atoms with Crippen LogP contribution in [0.2, 0.25) is 0 Å². The van der Waals surface area contributed by atoms with Crippen LogP contribution in [0.25, 0.3) is 0 Å². The molecule has 0 aliphatic carbocycles. The lowest BCUT2D eigenvalue weighted by molar-refractivity contribution is -0.384. The molecule has 108 valence electrons. The molecule has 0 radical (unpaired) electrons. The Kier molecular flexibility index (Phi) is 4.03. The van der Waals surface area contributed by atoms with Crippen LogP contribution in [0.1, 0.15) is 5.56 Å². The first-order valence-corrected chi connectivity index (χ1v) is 6.07. The highest BCUT2D eigenvalue weighted by molar-refractivity contribution is 5.93. The van der Waals surface area contributed by atoms with Gasteiger partial charge < -0.3 is 16.2 Å². The number of rotatable bonds is 4. The number of benzene rings is 2. The fourth-order valence-electron chi connectivity index (χ4n) is 1.75. The Morgan fingerprint density at radius 2 is 1.90 bits per heavy atom. The Hall–Kier alpha value is -3.09. The zero-order valence-electron chi connectivity index (χ0n) is 10.9. The van der Waals surface area contributed by atoms with Crippen LogP contribution in [-0.2, 0) is 11.2 Å². The molecular weight excluding hydrogens is 274 g/mol. The number of aromatic hydroxyl groups is 1. The summed E-state index contributed by atoms with van der Waals surface area (Å²) in [7, 11) is 0. The molecule has 0 saturated heterocycles. The van der Waals surface area contributed by atoms with Crippen LogP contribution in [0.15, 0.2) is 42.5 Å². The third kappa shape index (κ3) is 3.69. The summed E-state index contributed by atoms with van der Waals surface area (Å²) in [6, 6.07) is 10.3. The van der Waals surface area contributed by atoms with E-state index in [-0.39, 0.29) is 29.5 Å². The molecule has 0 saturated carbocycles. The molecule has 1 amide bonds. The number of nitrogens with zero attached hydrogens (tertiary/aromatic N) is 1. The molecule has 21 heavy (non-hydrogen) atoms. The summed E-state index contributed by atoms with van der Waals surface area (Å²) >= 11 is 0. The average molecular weight is 287 g/mol. The van der Waals surface area contributed by atoms with E-state index in [2.05, 4.69) is 5.32 Å². The van der Waals surface area contributed by atoms with Crippen molar-refractivity contribution < 1.29 is 14.8 Å². The van der Waals surface area contributed by atoms with E-state index in [1.807, 2.05) is 0 Å². The van der Waals surface area contributed by atoms with Gasteiger partial charge in [0.05, 0.1) is 23.1 Å². The standard InChI is InChI=1S/C14H13N3O4/c15-10-3-1-9(2-4-10)7-14(19)16-12-6-5-11(17(20)21)8-13(12)18/h1-6,8,18H,7,15H2,(H,16,19). The van der Waals surface area contributed by atoms with E-state index in [4.69, 9.17) is 5.73 Å². The number of amides is 1. The number of anilines is 2. The number of nitrogens with two attached hydrogens (primary N) is 1. The fourth-order valence-corrected chi connectivity index (χ4v) is 1.75. The molecule has 0 aliphatic rings. The van der Waals surface area contributed by atoms with E-state index in [1.165, 1.54) is 12.1 Å². The van der Waals surface area contributed by atoms with Gasteiger partial charge in [0, 0.05) is 11.8 Å². The first-order chi connectivity index (χ1) is 9.95. The predicted octanol–water partition coefficient (Wildman–Crippen LogP) is 2.06. The molecule has 0 aromatic heterocycles. The zero-order valence-corrected chi connectivity index (χ0v) is 10.9. The van der Waals surface area contributed by atoms with Crippen molar-refractivity contribution in [3.63, 3.8) is 0 Å². The highest BCUT2D eigenvalue weighted by Crippen LogP contribution is 2.27. The molecule has 2 aromatic carbocycles. The molecular formula is C14H13N3O4. The van der Waals surface area contributed by atoms with Crippen LogP contribution in [0.4, 0.5) is 17.1 Å². The summed E-state index contributed by atoms with van der Waals surface area (Å²) in [6.45, 7) is 0. The number of nitrogens with one attached hydrogen (secondary N) is 1. The minimum atomic E-state index is -0.625. The Labute approximate surface area is 120 Å². The number of nitro groups is 1. The van der Waals surface area contributed by atoms with Gasteiger partial charge in [0.25, 0.3) is 5.69 Å². The maximum absolute atomic E-state index is 11.9. The third-order valence-electron chi connectivity index (χ3n) is 2.81. The van der Waals surface area contributed by atoms with Crippen LogP contribution >= 0.6 is 0 Å². The Bertz CT molecular complexity index is 683. The number of carbonyl (C=O) groups is 1. The summed E-state index contributed by atoms with van der Waals surface area (Å²) in [4.78, 5) is 21.8. The van der Waals surface area contributed by atoms with Gasteiger partial charge in [0.15, 0.2) is 0 Å². The number of phenols is 1. The molecule has 0 fully saturated rings. The van der Waals surface area contributed by atoms with E-state index in [1.54, 1.807) is 24.3 Å². The van der Waals surface area contributed by atoms with Crippen LogP contribution in [0.5, 0.6) is 5.75 Å². The van der Waals surface area contributed by atoms with Crippen molar-refractivity contribution in [1.29, 1.82) is 0 Å². The van der Waals surface area contributed by atoms with Crippen LogP contribution in [0.3, 0.4) is 0 Å². The fraction of sp³-hybridized carbons (Fsp3) is 0.0714. The number of nitrogen functional groups attached to an aromatic ring is 1. The van der Waals surface area contributed by atoms with Gasteiger partial charge in [0.2, 0.25) is 5.91 Å². The second-order valence-electron chi connectivity index (χ2n) is 4.43. The highest BCUT2D eigenvalue weighted by Gasteiger charge is 2.12. The average Bonchev–Trinajstić information content (AvgIpc) is 2.43. The highest BCUT2D eigenvalue weighted by atomic mass is 16.6. The van der Waals surface area contributed by atoms with Crippen molar-refractivity contribution in [2.75, 3.05) is 11.1 Å². The number of phenolic OH excluding ortho intramolecular Hbond substituents is 1. The first kappa shape index (κ1) is 14.3. The predicted molar refractivity (Wildman–Crippen MR) is 77.9 cm³/mol. The SMILES string of the molecule is Nc1ccc(CC(=O)Nc2ccc([N+](=O)[O-])cc2O)cc1. The van der Waals surface area contributed by atoms with Crippen molar-refractivity contribution in [3.8, 4) is 5.75 Å². The van der Waals surface area contributed by atoms with Crippen molar-refractivity contribution in [3.05, 3.63) is 58.1 Å². The molecule has 0 unspecified atom stereocenters. The van der Waals surface area contributed by atoms with Gasteiger partial charge in [-0.3, -0.25) is 14.9 Å². The quantitative estimate of drug-likeness (QED) is 0.344. The molecule has 0 heterocycles. The van der Waals surface area contributed by atoms with Crippen molar-refractivity contribution in [2.45, 2.75) is 6.42 Å². The van der Waals surface area contributed by atoms with Gasteiger partial charge in [-0.2, -0.15) is 0 Å². The normalized spacial score (nSPS) is 10.1. The van der Waals surface area contributed by atoms with Crippen molar-refractivity contribution in [1.82, 2.24) is 0 Å². The molecule has 7 nitrogen and oxygen atoms in total. The monoisotopic (exact) mass is 287 g/mol. The van der Waals surface area contributed by atoms with Crippen molar-refractivity contribution >= 4 is 23.0 Å². The van der Waals surface area contributed by atoms with E-state index in [0.29, 0.717) is 5.69 Å². The second kappa shape index (κ2) is 5.91. The summed E-state index contributed by atoms with van der Waals surface area (Å²) < 4.78 is 0. The third-order valence-corrected chi connectivity index (χ3v) is 2.81. The molecule has 0 spiro atoms. The zero-order chi connectivity index (χ0) is 15.4. The first-order valence-electron chi connectivity index (χ1n) is 6.07. The molecule has 0 atom stereocenters. The largest absolute Gasteiger partial charge is 0.506 e. The van der Waals surface area contributed by atoms with E-state index in [0.717, 1.165) is 11.6 Å². The molecule has 2 aromatic rings. The van der Waals surface area contributed by atoms with Gasteiger partial charge in [-0.1, -0.05) is 12.1 Å². The lowest BCUT2D eigenvalue weighted by atomic mass is 10.1. The maximum atomic E-state index is 11.9. The molecule has 2 rings (SSSR count). The molecule has 0 aliphatic heterocycles. The summed E-state index contributed by atoms with van der Waals surface area (Å²) in [5.41, 5.74) is 6.80. The lowest BCUT2D eigenvalue weighted by Crippen LogP contribution is -2.14. The molecule has 4 N–H and O–H groups in total. The maximum Gasteiger partial charge on any atom is 0.273 e. The summed E-state index contributed by atoms with van der Waals surface area (Å²) in [5, 5.41) is 22.7. The van der Waals surface area contributed by atoms with Crippen LogP contribution in [0, 0.1) is 10.1 Å². The van der Waals surface area contributed by atoms with Crippen LogP contribution < -0.4 is 11.1 Å². The number of carbonyl (C=O) groups excluding carboxylic acids is 1. The van der Waals surface area contributed by atoms with Gasteiger partial charge in [-0.15, -0.1) is 0 Å². The van der Waals surface area contributed by atoms with Crippen LogP contribution in [-0.4, -0.2) is 15.9 Å². The Morgan fingerprint density at radius 1 is 1.24 bits per heavy atom. The minimum absolute atomic E-state index is 0.108. The number of nitro benzene ring substituents is 1. The Morgan fingerprint density at radius 3 is 2.48 bits per heavy atom. The van der Waals surface area contributed by atoms with Gasteiger partial charge in [-0.05, 0) is 23.8 Å². The smallest absolute Gasteiger partial charge is 0.273 e. The van der Waals surface area contributed by atoms with E-state index >= 15 is 0 Å². The second-order valence-corrected chi connectivity index (χ2v) is 4.43. The summed E-state index contributed by atoms with van der Waals surface area (Å²) in [6.07, 6.45) is 0.108. The van der Waals surface area contributed by atoms with Gasteiger partial charge >= 0.3 is 0 Å². The minimum Gasteiger partial charge on any atom is -0.506 e.